The summed E-state index contributed by atoms with van der Waals surface area (Å²) in [7, 11) is 3.21. The first-order chi connectivity index (χ1) is 9.67. The van der Waals surface area contributed by atoms with Gasteiger partial charge in [0.05, 0.1) is 31.5 Å². The van der Waals surface area contributed by atoms with E-state index in [-0.39, 0.29) is 5.91 Å². The average Bonchev–Trinajstić information content (AvgIpc) is 2.45. The van der Waals surface area contributed by atoms with Crippen LogP contribution >= 0.6 is 0 Å². The third-order valence-corrected chi connectivity index (χ3v) is 2.64. The van der Waals surface area contributed by atoms with Gasteiger partial charge in [-0.25, -0.2) is 0 Å². The van der Waals surface area contributed by atoms with Crippen molar-refractivity contribution < 1.29 is 19.0 Å². The Hall–Kier alpha value is -1.79. The highest BCUT2D eigenvalue weighted by atomic mass is 16.5. The minimum absolute atomic E-state index is 0.131. The van der Waals surface area contributed by atoms with Crippen molar-refractivity contribution in [1.29, 1.82) is 0 Å². The summed E-state index contributed by atoms with van der Waals surface area (Å²) < 4.78 is 15.3. The topological polar surface area (TPSA) is 82.8 Å². The molecule has 3 N–H and O–H groups in total. The molecule has 20 heavy (non-hydrogen) atoms. The molecule has 0 aliphatic rings. The molecule has 0 bridgehead atoms. The van der Waals surface area contributed by atoms with Gasteiger partial charge < -0.3 is 25.3 Å². The standard InChI is InChI=1S/C14H22N2O4/c1-18-7-3-8-20-9-6-14(17)16-13-5-4-11(19-2)10-12(13)15/h4-5,10H,3,6-9,15H2,1-2H3,(H,16,17). The number of nitrogens with one attached hydrogen (secondary N) is 1. The molecule has 0 radical (unpaired) electrons. The molecule has 0 spiro atoms. The molecule has 6 nitrogen and oxygen atoms in total. The van der Waals surface area contributed by atoms with Crippen LogP contribution < -0.4 is 15.8 Å². The molecular weight excluding hydrogens is 260 g/mol. The molecule has 0 aliphatic carbocycles. The van der Waals surface area contributed by atoms with Crippen LogP contribution in [0.4, 0.5) is 11.4 Å². The van der Waals surface area contributed by atoms with Gasteiger partial charge in [0, 0.05) is 26.4 Å². The maximum atomic E-state index is 11.7. The maximum absolute atomic E-state index is 11.7. The molecule has 0 unspecified atom stereocenters. The Morgan fingerprint density at radius 3 is 2.70 bits per heavy atom. The van der Waals surface area contributed by atoms with E-state index in [9.17, 15) is 4.79 Å². The van der Waals surface area contributed by atoms with Crippen molar-refractivity contribution in [3.63, 3.8) is 0 Å². The molecule has 0 atom stereocenters. The van der Waals surface area contributed by atoms with E-state index in [1.54, 1.807) is 32.4 Å². The predicted octanol–water partition coefficient (Wildman–Crippen LogP) is 1.66. The van der Waals surface area contributed by atoms with E-state index in [1.165, 1.54) is 0 Å². The monoisotopic (exact) mass is 282 g/mol. The van der Waals surface area contributed by atoms with Gasteiger partial charge in [0.25, 0.3) is 0 Å². The number of rotatable bonds is 9. The smallest absolute Gasteiger partial charge is 0.226 e. The summed E-state index contributed by atoms with van der Waals surface area (Å²) >= 11 is 0. The summed E-state index contributed by atoms with van der Waals surface area (Å²) in [6.45, 7) is 1.63. The van der Waals surface area contributed by atoms with E-state index in [0.717, 1.165) is 6.42 Å². The van der Waals surface area contributed by atoms with Crippen molar-refractivity contribution in [3.05, 3.63) is 18.2 Å². The third-order valence-electron chi connectivity index (χ3n) is 2.64. The number of methoxy groups -OCH3 is 2. The summed E-state index contributed by atoms with van der Waals surface area (Å²) in [5.41, 5.74) is 6.86. The summed E-state index contributed by atoms with van der Waals surface area (Å²) in [5.74, 6) is 0.524. The summed E-state index contributed by atoms with van der Waals surface area (Å²) in [6.07, 6.45) is 1.11. The zero-order valence-electron chi connectivity index (χ0n) is 12.0. The van der Waals surface area contributed by atoms with Crippen LogP contribution in [0, 0.1) is 0 Å². The molecule has 0 saturated carbocycles. The van der Waals surface area contributed by atoms with Crippen LogP contribution in [0.3, 0.4) is 0 Å². The van der Waals surface area contributed by atoms with Crippen LogP contribution in [0.1, 0.15) is 12.8 Å². The Morgan fingerprint density at radius 2 is 2.05 bits per heavy atom. The Balaban J connectivity index is 2.28. The second-order valence-corrected chi connectivity index (χ2v) is 4.21. The number of amides is 1. The number of carbonyl (C=O) groups is 1. The largest absolute Gasteiger partial charge is 0.497 e. The lowest BCUT2D eigenvalue weighted by Crippen LogP contribution is -2.15. The Labute approximate surface area is 119 Å². The average molecular weight is 282 g/mol. The lowest BCUT2D eigenvalue weighted by molar-refractivity contribution is -0.117. The fraction of sp³-hybridized carbons (Fsp3) is 0.500. The van der Waals surface area contributed by atoms with Gasteiger partial charge in [0.2, 0.25) is 5.91 Å². The van der Waals surface area contributed by atoms with Crippen LogP contribution in [0.25, 0.3) is 0 Å². The summed E-state index contributed by atoms with van der Waals surface area (Å²) in [4.78, 5) is 11.7. The fourth-order valence-corrected chi connectivity index (χ4v) is 1.57. The second-order valence-electron chi connectivity index (χ2n) is 4.21. The van der Waals surface area contributed by atoms with Crippen LogP contribution in [-0.4, -0.2) is 39.9 Å². The van der Waals surface area contributed by atoms with E-state index < -0.39 is 0 Å². The van der Waals surface area contributed by atoms with Crippen LogP contribution in [0.2, 0.25) is 0 Å². The summed E-state index contributed by atoms with van der Waals surface area (Å²) in [6, 6.07) is 5.12. The van der Waals surface area contributed by atoms with E-state index in [2.05, 4.69) is 5.32 Å². The number of anilines is 2. The minimum atomic E-state index is -0.131. The predicted molar refractivity (Wildman–Crippen MR) is 78.0 cm³/mol. The number of benzene rings is 1. The highest BCUT2D eigenvalue weighted by Crippen LogP contribution is 2.23. The van der Waals surface area contributed by atoms with Gasteiger partial charge >= 0.3 is 0 Å². The highest BCUT2D eigenvalue weighted by Gasteiger charge is 2.06. The molecule has 0 saturated heterocycles. The molecule has 0 heterocycles. The first-order valence-corrected chi connectivity index (χ1v) is 6.47. The van der Waals surface area contributed by atoms with E-state index >= 15 is 0 Å². The fourth-order valence-electron chi connectivity index (χ4n) is 1.57. The van der Waals surface area contributed by atoms with E-state index in [0.29, 0.717) is 43.4 Å². The van der Waals surface area contributed by atoms with Crippen LogP contribution in [0.5, 0.6) is 5.75 Å². The van der Waals surface area contributed by atoms with Gasteiger partial charge in [0.1, 0.15) is 5.75 Å². The SMILES string of the molecule is COCCCOCCC(=O)Nc1ccc(OC)cc1N. The number of carbonyl (C=O) groups excluding carboxylic acids is 1. The van der Waals surface area contributed by atoms with Crippen LogP contribution in [-0.2, 0) is 14.3 Å². The molecule has 1 rings (SSSR count). The quantitative estimate of drug-likeness (QED) is 0.531. The lowest BCUT2D eigenvalue weighted by Gasteiger charge is -2.10. The number of nitrogens with two attached hydrogens (primary N) is 1. The Bertz CT molecular complexity index is 424. The van der Waals surface area contributed by atoms with Gasteiger partial charge in [-0.15, -0.1) is 0 Å². The normalized spacial score (nSPS) is 10.3. The van der Waals surface area contributed by atoms with Crippen LogP contribution in [0.15, 0.2) is 18.2 Å². The number of hydrogen-bond donors (Lipinski definition) is 2. The molecule has 112 valence electrons. The van der Waals surface area contributed by atoms with Crippen molar-refractivity contribution in [2.75, 3.05) is 45.1 Å². The zero-order chi connectivity index (χ0) is 14.8. The number of hydrogen-bond acceptors (Lipinski definition) is 5. The van der Waals surface area contributed by atoms with E-state index in [1.807, 2.05) is 0 Å². The van der Waals surface area contributed by atoms with Crippen molar-refractivity contribution in [2.45, 2.75) is 12.8 Å². The second kappa shape index (κ2) is 9.17. The molecule has 1 aromatic carbocycles. The van der Waals surface area contributed by atoms with Crippen molar-refractivity contribution in [1.82, 2.24) is 0 Å². The number of ether oxygens (including phenoxy) is 3. The maximum Gasteiger partial charge on any atom is 0.226 e. The van der Waals surface area contributed by atoms with Crippen molar-refractivity contribution in [3.8, 4) is 5.75 Å². The Kier molecular flexibility index (Phi) is 7.46. The Morgan fingerprint density at radius 1 is 1.25 bits per heavy atom. The van der Waals surface area contributed by atoms with Crippen molar-refractivity contribution >= 4 is 17.3 Å². The molecule has 6 heteroatoms. The summed E-state index contributed by atoms with van der Waals surface area (Å²) in [5, 5.41) is 2.74. The van der Waals surface area contributed by atoms with Crippen molar-refractivity contribution in [2.24, 2.45) is 0 Å². The zero-order valence-corrected chi connectivity index (χ0v) is 12.0. The minimum Gasteiger partial charge on any atom is -0.497 e. The third kappa shape index (κ3) is 5.90. The van der Waals surface area contributed by atoms with Gasteiger partial charge in [-0.05, 0) is 18.6 Å². The first-order valence-electron chi connectivity index (χ1n) is 6.47. The molecule has 0 aliphatic heterocycles. The van der Waals surface area contributed by atoms with E-state index in [4.69, 9.17) is 19.9 Å². The number of nitrogen functional groups attached to an aromatic ring is 1. The molecule has 0 aromatic heterocycles. The molecular formula is C14H22N2O4. The van der Waals surface area contributed by atoms with Gasteiger partial charge in [-0.2, -0.15) is 0 Å². The molecule has 1 amide bonds. The molecule has 0 fully saturated rings. The molecule has 1 aromatic rings. The van der Waals surface area contributed by atoms with Gasteiger partial charge in [-0.3, -0.25) is 4.79 Å². The highest BCUT2D eigenvalue weighted by molar-refractivity contribution is 5.94. The lowest BCUT2D eigenvalue weighted by atomic mass is 10.2. The van der Waals surface area contributed by atoms with Gasteiger partial charge in [-0.1, -0.05) is 0 Å². The van der Waals surface area contributed by atoms with Gasteiger partial charge in [0.15, 0.2) is 0 Å². The first kappa shape index (κ1) is 16.3.